The molecule has 1 unspecified atom stereocenters. The number of aromatic hydroxyl groups is 1. The molecule has 0 radical (unpaired) electrons. The zero-order valence-corrected chi connectivity index (χ0v) is 13.8. The van der Waals surface area contributed by atoms with Crippen LogP contribution in [0.5, 0.6) is 11.5 Å². The van der Waals surface area contributed by atoms with Gasteiger partial charge >= 0.3 is 0 Å². The van der Waals surface area contributed by atoms with Gasteiger partial charge in [-0.25, -0.2) is 0 Å². The largest absolute Gasteiger partial charge is 0.508 e. The van der Waals surface area contributed by atoms with Gasteiger partial charge in [0.05, 0.1) is 6.61 Å². The molecule has 122 valence electrons. The fourth-order valence-electron chi connectivity index (χ4n) is 4.03. The SMILES string of the molecule is CC(C)CCCc1cc(O)c2c(c1)OC[C@H]1CCC(N)C[C@@H]21. The fourth-order valence-corrected chi connectivity index (χ4v) is 4.03. The molecule has 1 saturated carbocycles. The lowest BCUT2D eigenvalue weighted by Crippen LogP contribution is -2.37. The second-order valence-corrected chi connectivity index (χ2v) is 7.56. The van der Waals surface area contributed by atoms with Gasteiger partial charge in [-0.15, -0.1) is 0 Å². The molecule has 1 fully saturated rings. The Morgan fingerprint density at radius 1 is 1.32 bits per heavy atom. The number of phenolic OH excluding ortho intramolecular Hbond substituents is 1. The summed E-state index contributed by atoms with van der Waals surface area (Å²) in [4.78, 5) is 0. The van der Waals surface area contributed by atoms with Crippen molar-refractivity contribution in [2.45, 2.75) is 64.3 Å². The zero-order chi connectivity index (χ0) is 15.7. The maximum absolute atomic E-state index is 10.6. The van der Waals surface area contributed by atoms with E-state index in [0.717, 1.165) is 55.9 Å². The highest BCUT2D eigenvalue weighted by Gasteiger charge is 2.37. The Morgan fingerprint density at radius 2 is 2.14 bits per heavy atom. The number of fused-ring (bicyclic) bond motifs is 3. The molecule has 0 bridgehead atoms. The van der Waals surface area contributed by atoms with E-state index in [9.17, 15) is 5.11 Å². The van der Waals surface area contributed by atoms with Gasteiger partial charge in [-0.05, 0) is 61.6 Å². The van der Waals surface area contributed by atoms with Crippen molar-refractivity contribution in [2.75, 3.05) is 6.61 Å². The molecule has 1 aromatic rings. The Morgan fingerprint density at radius 3 is 2.91 bits per heavy atom. The summed E-state index contributed by atoms with van der Waals surface area (Å²) in [5.74, 6) is 2.94. The topological polar surface area (TPSA) is 55.5 Å². The van der Waals surface area contributed by atoms with Gasteiger partial charge in [0.1, 0.15) is 11.5 Å². The standard InChI is InChI=1S/C19H29NO2/c1-12(2)4-3-5-13-8-17(21)19-16-10-15(20)7-6-14(16)11-22-18(19)9-13/h8-9,12,14-16,21H,3-7,10-11,20H2,1-2H3/t14-,15?,16-/m1/s1. The van der Waals surface area contributed by atoms with Gasteiger partial charge in [-0.2, -0.15) is 0 Å². The molecule has 1 heterocycles. The van der Waals surface area contributed by atoms with E-state index < -0.39 is 0 Å². The van der Waals surface area contributed by atoms with Gasteiger partial charge in [0, 0.05) is 17.5 Å². The molecular formula is C19H29NO2. The number of nitrogens with two attached hydrogens (primary N) is 1. The smallest absolute Gasteiger partial charge is 0.126 e. The molecule has 22 heavy (non-hydrogen) atoms. The number of rotatable bonds is 4. The van der Waals surface area contributed by atoms with Crippen LogP contribution in [0.1, 0.15) is 63.0 Å². The van der Waals surface area contributed by atoms with Gasteiger partial charge in [0.2, 0.25) is 0 Å². The number of aryl methyl sites for hydroxylation is 1. The van der Waals surface area contributed by atoms with Crippen LogP contribution in [-0.4, -0.2) is 17.8 Å². The minimum Gasteiger partial charge on any atom is -0.508 e. The predicted octanol–water partition coefficient (Wildman–Crippen LogP) is 3.97. The van der Waals surface area contributed by atoms with Crippen LogP contribution in [0.25, 0.3) is 0 Å². The molecular weight excluding hydrogens is 274 g/mol. The molecule has 3 heteroatoms. The van der Waals surface area contributed by atoms with Crippen LogP contribution < -0.4 is 10.5 Å². The summed E-state index contributed by atoms with van der Waals surface area (Å²) < 4.78 is 5.98. The Kier molecular flexibility index (Phi) is 4.62. The quantitative estimate of drug-likeness (QED) is 0.884. The van der Waals surface area contributed by atoms with E-state index in [4.69, 9.17) is 10.5 Å². The van der Waals surface area contributed by atoms with Crippen LogP contribution in [0.2, 0.25) is 0 Å². The first-order valence-electron chi connectivity index (χ1n) is 8.78. The van der Waals surface area contributed by atoms with Crippen molar-refractivity contribution in [1.29, 1.82) is 0 Å². The Bertz CT molecular complexity index is 526. The second kappa shape index (κ2) is 6.49. The third kappa shape index (κ3) is 3.24. The van der Waals surface area contributed by atoms with E-state index in [0.29, 0.717) is 17.6 Å². The number of hydrogen-bond acceptors (Lipinski definition) is 3. The number of hydrogen-bond donors (Lipinski definition) is 2. The Balaban J connectivity index is 1.79. The van der Waals surface area contributed by atoms with Crippen molar-refractivity contribution < 1.29 is 9.84 Å². The lowest BCUT2D eigenvalue weighted by atomic mass is 9.72. The van der Waals surface area contributed by atoms with Gasteiger partial charge in [0.15, 0.2) is 0 Å². The van der Waals surface area contributed by atoms with E-state index in [-0.39, 0.29) is 6.04 Å². The van der Waals surface area contributed by atoms with Crippen LogP contribution >= 0.6 is 0 Å². The molecule has 3 nitrogen and oxygen atoms in total. The first kappa shape index (κ1) is 15.7. The third-order valence-electron chi connectivity index (χ3n) is 5.28. The van der Waals surface area contributed by atoms with Crippen molar-refractivity contribution in [1.82, 2.24) is 0 Å². The molecule has 3 N–H and O–H groups in total. The Labute approximate surface area is 133 Å². The first-order chi connectivity index (χ1) is 10.5. The molecule has 1 aliphatic heterocycles. The first-order valence-corrected chi connectivity index (χ1v) is 8.78. The number of phenols is 1. The molecule has 0 amide bonds. The minimum absolute atomic E-state index is 0.261. The molecule has 3 rings (SSSR count). The molecule has 1 aromatic carbocycles. The maximum Gasteiger partial charge on any atom is 0.126 e. The molecule has 2 aliphatic rings. The van der Waals surface area contributed by atoms with Crippen molar-refractivity contribution in [3.05, 3.63) is 23.3 Å². The summed E-state index contributed by atoms with van der Waals surface area (Å²) in [6, 6.07) is 4.36. The van der Waals surface area contributed by atoms with Crippen LogP contribution in [0, 0.1) is 11.8 Å². The van der Waals surface area contributed by atoms with Crippen LogP contribution in [0.3, 0.4) is 0 Å². The fraction of sp³-hybridized carbons (Fsp3) is 0.684. The lowest BCUT2D eigenvalue weighted by molar-refractivity contribution is 0.146. The summed E-state index contributed by atoms with van der Waals surface area (Å²) in [5, 5.41) is 10.6. The van der Waals surface area contributed by atoms with E-state index in [2.05, 4.69) is 19.9 Å². The van der Waals surface area contributed by atoms with Crippen molar-refractivity contribution in [3.63, 3.8) is 0 Å². The van der Waals surface area contributed by atoms with Crippen LogP contribution in [0.4, 0.5) is 0 Å². The van der Waals surface area contributed by atoms with Crippen LogP contribution in [-0.2, 0) is 6.42 Å². The summed E-state index contributed by atoms with van der Waals surface area (Å²) in [5.41, 5.74) is 8.35. The van der Waals surface area contributed by atoms with Crippen molar-refractivity contribution in [3.8, 4) is 11.5 Å². The lowest BCUT2D eigenvalue weighted by Gasteiger charge is -2.39. The average Bonchev–Trinajstić information content (AvgIpc) is 2.46. The van der Waals surface area contributed by atoms with E-state index in [1.165, 1.54) is 12.0 Å². The highest BCUT2D eigenvalue weighted by Crippen LogP contribution is 2.48. The molecule has 1 aliphatic carbocycles. The van der Waals surface area contributed by atoms with Gasteiger partial charge in [-0.3, -0.25) is 0 Å². The number of benzene rings is 1. The average molecular weight is 303 g/mol. The predicted molar refractivity (Wildman–Crippen MR) is 89.4 cm³/mol. The van der Waals surface area contributed by atoms with Crippen molar-refractivity contribution in [2.24, 2.45) is 17.6 Å². The summed E-state index contributed by atoms with van der Waals surface area (Å²) in [6.07, 6.45) is 6.55. The van der Waals surface area contributed by atoms with Gasteiger partial charge < -0.3 is 15.6 Å². The summed E-state index contributed by atoms with van der Waals surface area (Å²) in [6.45, 7) is 5.28. The zero-order valence-electron chi connectivity index (χ0n) is 13.8. The number of ether oxygens (including phenoxy) is 1. The normalized spacial score (nSPS) is 27.2. The van der Waals surface area contributed by atoms with E-state index in [1.807, 2.05) is 6.07 Å². The van der Waals surface area contributed by atoms with Crippen LogP contribution in [0.15, 0.2) is 12.1 Å². The summed E-state index contributed by atoms with van der Waals surface area (Å²) >= 11 is 0. The van der Waals surface area contributed by atoms with E-state index in [1.54, 1.807) is 0 Å². The Hall–Kier alpha value is -1.22. The van der Waals surface area contributed by atoms with E-state index >= 15 is 0 Å². The van der Waals surface area contributed by atoms with Gasteiger partial charge in [-0.1, -0.05) is 20.3 Å². The highest BCUT2D eigenvalue weighted by molar-refractivity contribution is 5.51. The third-order valence-corrected chi connectivity index (χ3v) is 5.28. The highest BCUT2D eigenvalue weighted by atomic mass is 16.5. The molecule has 0 aromatic heterocycles. The monoisotopic (exact) mass is 303 g/mol. The molecule has 3 atom stereocenters. The molecule has 0 spiro atoms. The van der Waals surface area contributed by atoms with Gasteiger partial charge in [0.25, 0.3) is 0 Å². The second-order valence-electron chi connectivity index (χ2n) is 7.56. The summed E-state index contributed by atoms with van der Waals surface area (Å²) in [7, 11) is 0. The van der Waals surface area contributed by atoms with Crippen molar-refractivity contribution >= 4 is 0 Å². The maximum atomic E-state index is 10.6. The minimum atomic E-state index is 0.261. The molecule has 0 saturated heterocycles.